The quantitative estimate of drug-likeness (QED) is 0.531. The van der Waals surface area contributed by atoms with Crippen LogP contribution < -0.4 is 5.32 Å². The van der Waals surface area contributed by atoms with Crippen LogP contribution in [0.4, 0.5) is 0 Å². The van der Waals surface area contributed by atoms with Crippen LogP contribution in [0.15, 0.2) is 66.7 Å². The number of rotatable bonds is 5. The number of carbonyl (C=O) groups excluding carboxylic acids is 1. The van der Waals surface area contributed by atoms with Gasteiger partial charge in [-0.3, -0.25) is 4.79 Å². The third-order valence-electron chi connectivity index (χ3n) is 5.23. The number of para-hydroxylation sites is 2. The minimum Gasteiger partial charge on any atom is -0.345 e. The van der Waals surface area contributed by atoms with Gasteiger partial charge in [0, 0.05) is 12.1 Å². The van der Waals surface area contributed by atoms with E-state index in [0.717, 1.165) is 34.5 Å². The van der Waals surface area contributed by atoms with Crippen molar-refractivity contribution in [1.82, 2.24) is 14.9 Å². The molecule has 0 fully saturated rings. The molecule has 0 unspecified atom stereocenters. The zero-order valence-corrected chi connectivity index (χ0v) is 17.1. The van der Waals surface area contributed by atoms with Crippen LogP contribution in [0.3, 0.4) is 0 Å². The molecule has 0 spiro atoms. The summed E-state index contributed by atoms with van der Waals surface area (Å²) in [7, 11) is 0. The summed E-state index contributed by atoms with van der Waals surface area (Å²) in [6, 6.07) is 22.5. The molecule has 0 radical (unpaired) electrons. The number of aryl methyl sites for hydroxylation is 3. The fourth-order valence-corrected chi connectivity index (χ4v) is 3.64. The SMILES string of the molecule is Cc1ccc(Cn2c(CNC(=O)c3ccc(C)cc3C)nc3ccccc32)cc1. The molecule has 0 aliphatic rings. The summed E-state index contributed by atoms with van der Waals surface area (Å²) in [5.74, 6) is 0.779. The first-order valence-corrected chi connectivity index (χ1v) is 9.86. The highest BCUT2D eigenvalue weighted by molar-refractivity contribution is 5.95. The third kappa shape index (κ3) is 4.06. The van der Waals surface area contributed by atoms with Crippen molar-refractivity contribution in [2.24, 2.45) is 0 Å². The minimum atomic E-state index is -0.0727. The lowest BCUT2D eigenvalue weighted by Crippen LogP contribution is -2.25. The van der Waals surface area contributed by atoms with Crippen molar-refractivity contribution in [1.29, 1.82) is 0 Å². The van der Waals surface area contributed by atoms with Crippen LogP contribution in [0.1, 0.15) is 38.4 Å². The van der Waals surface area contributed by atoms with Crippen molar-refractivity contribution in [3.05, 3.63) is 100 Å². The van der Waals surface area contributed by atoms with E-state index in [9.17, 15) is 4.79 Å². The smallest absolute Gasteiger partial charge is 0.251 e. The second-order valence-corrected chi connectivity index (χ2v) is 7.59. The molecule has 0 saturated carbocycles. The van der Waals surface area contributed by atoms with E-state index in [4.69, 9.17) is 4.98 Å². The van der Waals surface area contributed by atoms with Gasteiger partial charge in [0.15, 0.2) is 0 Å². The molecule has 1 heterocycles. The first-order chi connectivity index (χ1) is 14.0. The average molecular weight is 383 g/mol. The van der Waals surface area contributed by atoms with Gasteiger partial charge in [-0.25, -0.2) is 4.98 Å². The Bertz CT molecular complexity index is 1170. The Kier molecular flexibility index (Phi) is 5.17. The number of hydrogen-bond acceptors (Lipinski definition) is 2. The molecule has 1 N–H and O–H groups in total. The number of benzene rings is 3. The lowest BCUT2D eigenvalue weighted by Gasteiger charge is -2.12. The van der Waals surface area contributed by atoms with Crippen molar-refractivity contribution < 1.29 is 4.79 Å². The third-order valence-corrected chi connectivity index (χ3v) is 5.23. The lowest BCUT2D eigenvalue weighted by atomic mass is 10.1. The lowest BCUT2D eigenvalue weighted by molar-refractivity contribution is 0.0949. The van der Waals surface area contributed by atoms with Crippen molar-refractivity contribution >= 4 is 16.9 Å². The van der Waals surface area contributed by atoms with Gasteiger partial charge < -0.3 is 9.88 Å². The van der Waals surface area contributed by atoms with Gasteiger partial charge in [0.05, 0.1) is 17.6 Å². The van der Waals surface area contributed by atoms with Crippen LogP contribution in [0.25, 0.3) is 11.0 Å². The summed E-state index contributed by atoms with van der Waals surface area (Å²) in [5.41, 5.74) is 7.30. The maximum Gasteiger partial charge on any atom is 0.251 e. The zero-order chi connectivity index (χ0) is 20.4. The Balaban J connectivity index is 1.61. The molecule has 3 aromatic carbocycles. The van der Waals surface area contributed by atoms with Crippen molar-refractivity contribution in [3.8, 4) is 0 Å². The van der Waals surface area contributed by atoms with Gasteiger partial charge in [-0.05, 0) is 50.1 Å². The number of nitrogens with one attached hydrogen (secondary N) is 1. The van der Waals surface area contributed by atoms with Crippen LogP contribution >= 0.6 is 0 Å². The first kappa shape index (κ1) is 18.9. The van der Waals surface area contributed by atoms with E-state index in [-0.39, 0.29) is 5.91 Å². The van der Waals surface area contributed by atoms with Gasteiger partial charge in [0.25, 0.3) is 5.91 Å². The van der Waals surface area contributed by atoms with Crippen LogP contribution in [-0.4, -0.2) is 15.5 Å². The maximum atomic E-state index is 12.7. The van der Waals surface area contributed by atoms with Crippen LogP contribution in [0, 0.1) is 20.8 Å². The molecule has 0 aliphatic heterocycles. The first-order valence-electron chi connectivity index (χ1n) is 9.86. The number of amides is 1. The van der Waals surface area contributed by atoms with Gasteiger partial charge >= 0.3 is 0 Å². The van der Waals surface area contributed by atoms with E-state index in [0.29, 0.717) is 12.1 Å². The van der Waals surface area contributed by atoms with E-state index in [2.05, 4.69) is 47.1 Å². The highest BCUT2D eigenvalue weighted by Gasteiger charge is 2.14. The van der Waals surface area contributed by atoms with Crippen molar-refractivity contribution in [2.75, 3.05) is 0 Å². The number of nitrogens with zero attached hydrogens (tertiary/aromatic N) is 2. The molecule has 1 aromatic heterocycles. The standard InChI is InChI=1S/C25H25N3O/c1-17-8-11-20(12-9-17)16-28-23-7-5-4-6-22(23)27-24(28)15-26-25(29)21-13-10-18(2)14-19(21)3/h4-14H,15-16H2,1-3H3,(H,26,29). The summed E-state index contributed by atoms with van der Waals surface area (Å²) in [5, 5.41) is 3.05. The summed E-state index contributed by atoms with van der Waals surface area (Å²) in [6.45, 7) is 7.18. The summed E-state index contributed by atoms with van der Waals surface area (Å²) >= 11 is 0. The van der Waals surface area contributed by atoms with E-state index >= 15 is 0 Å². The second-order valence-electron chi connectivity index (χ2n) is 7.59. The van der Waals surface area contributed by atoms with Gasteiger partial charge in [0.2, 0.25) is 0 Å². The highest BCUT2D eigenvalue weighted by Crippen LogP contribution is 2.19. The molecule has 1 amide bonds. The average Bonchev–Trinajstić information content (AvgIpc) is 3.05. The second kappa shape index (κ2) is 7.92. The predicted octanol–water partition coefficient (Wildman–Crippen LogP) is 4.94. The molecule has 4 rings (SSSR count). The van der Waals surface area contributed by atoms with Crippen LogP contribution in [0.2, 0.25) is 0 Å². The van der Waals surface area contributed by atoms with Gasteiger partial charge in [-0.2, -0.15) is 0 Å². The molecule has 0 bridgehead atoms. The number of hydrogen-bond donors (Lipinski definition) is 1. The Hall–Kier alpha value is -3.40. The molecule has 4 aromatic rings. The summed E-state index contributed by atoms with van der Waals surface area (Å²) in [6.07, 6.45) is 0. The molecule has 29 heavy (non-hydrogen) atoms. The molecule has 4 heteroatoms. The molecule has 146 valence electrons. The summed E-state index contributed by atoms with van der Waals surface area (Å²) in [4.78, 5) is 17.5. The topological polar surface area (TPSA) is 46.9 Å². The van der Waals surface area contributed by atoms with E-state index < -0.39 is 0 Å². The fourth-order valence-electron chi connectivity index (χ4n) is 3.64. The van der Waals surface area contributed by atoms with Gasteiger partial charge in [-0.15, -0.1) is 0 Å². The number of carbonyl (C=O) groups is 1. The Labute approximate surface area is 171 Å². The Morgan fingerprint density at radius 1 is 0.931 bits per heavy atom. The Morgan fingerprint density at radius 3 is 2.41 bits per heavy atom. The number of fused-ring (bicyclic) bond motifs is 1. The number of aromatic nitrogens is 2. The zero-order valence-electron chi connectivity index (χ0n) is 17.1. The molecular formula is C25H25N3O. The maximum absolute atomic E-state index is 12.7. The predicted molar refractivity (Wildman–Crippen MR) is 117 cm³/mol. The highest BCUT2D eigenvalue weighted by atomic mass is 16.1. The van der Waals surface area contributed by atoms with E-state index in [1.165, 1.54) is 11.1 Å². The normalized spacial score (nSPS) is 11.0. The van der Waals surface area contributed by atoms with Crippen molar-refractivity contribution in [3.63, 3.8) is 0 Å². The molecule has 0 saturated heterocycles. The van der Waals surface area contributed by atoms with Crippen LogP contribution in [-0.2, 0) is 13.1 Å². The van der Waals surface area contributed by atoms with Crippen LogP contribution in [0.5, 0.6) is 0 Å². The largest absolute Gasteiger partial charge is 0.345 e. The van der Waals surface area contributed by atoms with Gasteiger partial charge in [0.1, 0.15) is 5.82 Å². The molecule has 0 aliphatic carbocycles. The molecular weight excluding hydrogens is 358 g/mol. The van der Waals surface area contributed by atoms with Crippen molar-refractivity contribution in [2.45, 2.75) is 33.9 Å². The van der Waals surface area contributed by atoms with E-state index in [1.807, 2.05) is 50.2 Å². The fraction of sp³-hybridized carbons (Fsp3) is 0.200. The Morgan fingerprint density at radius 2 is 1.66 bits per heavy atom. The minimum absolute atomic E-state index is 0.0727. The molecule has 0 atom stereocenters. The van der Waals surface area contributed by atoms with E-state index in [1.54, 1.807) is 0 Å². The monoisotopic (exact) mass is 383 g/mol. The van der Waals surface area contributed by atoms with Gasteiger partial charge in [-0.1, -0.05) is 59.7 Å². The summed E-state index contributed by atoms with van der Waals surface area (Å²) < 4.78 is 2.18. The molecule has 4 nitrogen and oxygen atoms in total. The number of imidazole rings is 1.